The normalized spacial score (nSPS) is 22.8. The lowest BCUT2D eigenvalue weighted by atomic mass is 9.96. The average molecular weight is 351 g/mol. The number of likely N-dealkylation sites (tertiary alicyclic amines) is 1. The highest BCUT2D eigenvalue weighted by atomic mass is 15.2. The van der Waals surface area contributed by atoms with Gasteiger partial charge >= 0.3 is 0 Å². The fraction of sp³-hybridized carbons (Fsp3) is 0.545. The Balaban J connectivity index is 1.52. The topological polar surface area (TPSA) is 32.3 Å². The minimum absolute atomic E-state index is 0.375. The largest absolute Gasteiger partial charge is 0.302 e. The lowest BCUT2D eigenvalue weighted by molar-refractivity contribution is 0.134. The van der Waals surface area contributed by atoms with Gasteiger partial charge in [-0.15, -0.1) is 0 Å². The first kappa shape index (κ1) is 17.6. The number of nitrogens with zero attached hydrogens (tertiary/aromatic N) is 4. The summed E-state index contributed by atoms with van der Waals surface area (Å²) in [4.78, 5) is 14.8. The molecule has 0 amide bonds. The van der Waals surface area contributed by atoms with Gasteiger partial charge in [-0.2, -0.15) is 0 Å². The molecule has 1 aromatic carbocycles. The van der Waals surface area contributed by atoms with Crippen LogP contribution in [0.3, 0.4) is 0 Å². The Labute approximate surface area is 157 Å². The highest BCUT2D eigenvalue weighted by Crippen LogP contribution is 2.32. The first-order valence-corrected chi connectivity index (χ1v) is 10.0. The van der Waals surface area contributed by atoms with E-state index in [9.17, 15) is 0 Å². The zero-order valence-electron chi connectivity index (χ0n) is 16.1. The summed E-state index contributed by atoms with van der Waals surface area (Å²) in [6.45, 7) is 6.66. The number of hydrogen-bond donors (Lipinski definition) is 0. The maximum atomic E-state index is 5.02. The molecule has 2 aliphatic heterocycles. The molecular formula is C22H30N4. The van der Waals surface area contributed by atoms with Crippen molar-refractivity contribution >= 4 is 0 Å². The molecule has 1 aromatic heterocycles. The third kappa shape index (κ3) is 3.81. The van der Waals surface area contributed by atoms with E-state index in [0.717, 1.165) is 38.4 Å². The van der Waals surface area contributed by atoms with E-state index in [0.29, 0.717) is 12.0 Å². The first-order chi connectivity index (χ1) is 12.7. The van der Waals surface area contributed by atoms with Gasteiger partial charge < -0.3 is 4.90 Å². The summed E-state index contributed by atoms with van der Waals surface area (Å²) in [5.41, 5.74) is 4.00. The summed E-state index contributed by atoms with van der Waals surface area (Å²) in [7, 11) is 2.17. The molecule has 2 atom stereocenters. The van der Waals surface area contributed by atoms with Crippen LogP contribution in [-0.2, 0) is 13.0 Å². The van der Waals surface area contributed by atoms with Gasteiger partial charge in [0.2, 0.25) is 0 Å². The average Bonchev–Trinajstić information content (AvgIpc) is 2.68. The monoisotopic (exact) mass is 350 g/mol. The lowest BCUT2D eigenvalue weighted by Crippen LogP contribution is -2.37. The number of fused-ring (bicyclic) bond motifs is 1. The van der Waals surface area contributed by atoms with Gasteiger partial charge in [0.1, 0.15) is 5.82 Å². The van der Waals surface area contributed by atoms with Crippen molar-refractivity contribution in [1.29, 1.82) is 0 Å². The van der Waals surface area contributed by atoms with E-state index in [4.69, 9.17) is 9.97 Å². The van der Waals surface area contributed by atoms with Crippen LogP contribution in [0.2, 0.25) is 0 Å². The summed E-state index contributed by atoms with van der Waals surface area (Å²) in [5.74, 6) is 1.58. The highest BCUT2D eigenvalue weighted by molar-refractivity contribution is 5.22. The third-order valence-corrected chi connectivity index (χ3v) is 5.93. The van der Waals surface area contributed by atoms with Gasteiger partial charge in [0.25, 0.3) is 0 Å². The van der Waals surface area contributed by atoms with Gasteiger partial charge in [0.05, 0.1) is 6.04 Å². The molecule has 138 valence electrons. The maximum Gasteiger partial charge on any atom is 0.145 e. The van der Waals surface area contributed by atoms with Gasteiger partial charge in [-0.1, -0.05) is 43.7 Å². The predicted molar refractivity (Wildman–Crippen MR) is 105 cm³/mol. The summed E-state index contributed by atoms with van der Waals surface area (Å²) in [6.07, 6.45) is 6.88. The second-order valence-corrected chi connectivity index (χ2v) is 8.01. The van der Waals surface area contributed by atoms with Crippen molar-refractivity contribution in [2.24, 2.45) is 0 Å². The molecule has 2 aliphatic rings. The van der Waals surface area contributed by atoms with Crippen LogP contribution in [0.1, 0.15) is 60.8 Å². The number of benzene rings is 1. The summed E-state index contributed by atoms with van der Waals surface area (Å²) < 4.78 is 0. The molecule has 0 radical (unpaired) electrons. The predicted octanol–water partition coefficient (Wildman–Crippen LogP) is 3.80. The molecule has 4 heteroatoms. The van der Waals surface area contributed by atoms with Gasteiger partial charge in [0.15, 0.2) is 0 Å². The van der Waals surface area contributed by atoms with Gasteiger partial charge in [-0.3, -0.25) is 4.90 Å². The second-order valence-electron chi connectivity index (χ2n) is 8.01. The molecule has 1 fully saturated rings. The summed E-state index contributed by atoms with van der Waals surface area (Å²) in [5, 5.41) is 0. The highest BCUT2D eigenvalue weighted by Gasteiger charge is 2.28. The van der Waals surface area contributed by atoms with Crippen molar-refractivity contribution in [3.63, 3.8) is 0 Å². The van der Waals surface area contributed by atoms with E-state index in [-0.39, 0.29) is 0 Å². The van der Waals surface area contributed by atoms with Crippen LogP contribution >= 0.6 is 0 Å². The molecule has 1 saturated heterocycles. The molecule has 0 saturated carbocycles. The van der Waals surface area contributed by atoms with Crippen LogP contribution in [0.4, 0.5) is 0 Å². The van der Waals surface area contributed by atoms with E-state index in [1.54, 1.807) is 0 Å². The number of aromatic nitrogens is 2. The minimum Gasteiger partial charge on any atom is -0.302 e. The Morgan fingerprint density at radius 1 is 1.15 bits per heavy atom. The third-order valence-electron chi connectivity index (χ3n) is 5.93. The molecule has 2 unspecified atom stereocenters. The van der Waals surface area contributed by atoms with Crippen molar-refractivity contribution in [3.8, 4) is 0 Å². The molecule has 0 N–H and O–H groups in total. The van der Waals surface area contributed by atoms with Crippen molar-refractivity contribution in [3.05, 3.63) is 59.2 Å². The molecule has 0 spiro atoms. The molecule has 4 nitrogen and oxygen atoms in total. The van der Waals surface area contributed by atoms with Crippen LogP contribution < -0.4 is 0 Å². The van der Waals surface area contributed by atoms with Crippen LogP contribution in [0, 0.1) is 0 Å². The Kier molecular flexibility index (Phi) is 5.32. The van der Waals surface area contributed by atoms with E-state index >= 15 is 0 Å². The maximum absolute atomic E-state index is 5.02. The van der Waals surface area contributed by atoms with E-state index in [1.165, 1.54) is 36.1 Å². The minimum atomic E-state index is 0.375. The van der Waals surface area contributed by atoms with Gasteiger partial charge in [-0.05, 0) is 37.9 Å². The van der Waals surface area contributed by atoms with E-state index in [2.05, 4.69) is 60.3 Å². The van der Waals surface area contributed by atoms with Crippen LogP contribution in [0.15, 0.2) is 36.5 Å². The van der Waals surface area contributed by atoms with Crippen molar-refractivity contribution < 1.29 is 0 Å². The molecule has 4 rings (SSSR count). The van der Waals surface area contributed by atoms with Crippen LogP contribution in [0.5, 0.6) is 0 Å². The fourth-order valence-corrected chi connectivity index (χ4v) is 4.37. The zero-order valence-corrected chi connectivity index (χ0v) is 16.1. The summed E-state index contributed by atoms with van der Waals surface area (Å²) in [6, 6.07) is 11.2. The standard InChI is InChI=1S/C22H30N4/c1-17(18-8-4-3-5-9-18)15-26-12-7-6-10-21(26)22-23-14-19-16-25(2)13-11-20(19)24-22/h3-5,8-9,14,17,21H,6-7,10-13,15-16H2,1-2H3. The van der Waals surface area contributed by atoms with Crippen LogP contribution in [0.25, 0.3) is 0 Å². The van der Waals surface area contributed by atoms with Gasteiger partial charge in [0, 0.05) is 43.5 Å². The Hall–Kier alpha value is -1.78. The smallest absolute Gasteiger partial charge is 0.145 e. The number of likely N-dealkylation sites (N-methyl/N-ethyl adjacent to an activating group) is 1. The molecule has 0 aliphatic carbocycles. The fourth-order valence-electron chi connectivity index (χ4n) is 4.37. The van der Waals surface area contributed by atoms with Crippen molar-refractivity contribution in [1.82, 2.24) is 19.8 Å². The quantitative estimate of drug-likeness (QED) is 0.840. The zero-order chi connectivity index (χ0) is 17.9. The number of rotatable bonds is 4. The Morgan fingerprint density at radius 2 is 2.00 bits per heavy atom. The molecule has 2 aromatic rings. The number of hydrogen-bond acceptors (Lipinski definition) is 4. The van der Waals surface area contributed by atoms with E-state index in [1.807, 2.05) is 0 Å². The molecular weight excluding hydrogens is 320 g/mol. The van der Waals surface area contributed by atoms with Crippen molar-refractivity contribution in [2.45, 2.75) is 51.1 Å². The second kappa shape index (κ2) is 7.85. The Bertz CT molecular complexity index is 730. The lowest BCUT2D eigenvalue weighted by Gasteiger charge is -2.37. The summed E-state index contributed by atoms with van der Waals surface area (Å²) >= 11 is 0. The van der Waals surface area contributed by atoms with E-state index < -0.39 is 0 Å². The van der Waals surface area contributed by atoms with Crippen molar-refractivity contribution in [2.75, 3.05) is 26.7 Å². The molecule has 26 heavy (non-hydrogen) atoms. The SMILES string of the molecule is CC(CN1CCCCC1c1ncc2c(n1)CCN(C)C2)c1ccccc1. The van der Waals surface area contributed by atoms with Gasteiger partial charge in [-0.25, -0.2) is 9.97 Å². The molecule has 3 heterocycles. The molecule has 0 bridgehead atoms. The first-order valence-electron chi connectivity index (χ1n) is 10.0. The Morgan fingerprint density at radius 3 is 2.85 bits per heavy atom. The number of piperidine rings is 1. The van der Waals surface area contributed by atoms with Crippen LogP contribution in [-0.4, -0.2) is 46.4 Å².